The summed E-state index contributed by atoms with van der Waals surface area (Å²) in [7, 11) is 1.89. The second-order valence-corrected chi connectivity index (χ2v) is 4.86. The molecule has 1 aromatic heterocycles. The molecule has 2 rings (SSSR count). The van der Waals surface area contributed by atoms with E-state index in [-0.39, 0.29) is 24.4 Å². The molecule has 0 bridgehead atoms. The summed E-state index contributed by atoms with van der Waals surface area (Å²) in [5.41, 5.74) is 6.48. The Labute approximate surface area is 114 Å². The van der Waals surface area contributed by atoms with Gasteiger partial charge in [-0.2, -0.15) is 0 Å². The molecule has 102 valence electrons. The van der Waals surface area contributed by atoms with Gasteiger partial charge in [-0.25, -0.2) is 0 Å². The van der Waals surface area contributed by atoms with Crippen LogP contribution in [0, 0.1) is 5.92 Å². The number of nitrogens with two attached hydrogens (primary N) is 1. The van der Waals surface area contributed by atoms with E-state index >= 15 is 0 Å². The Bertz CT molecular complexity index is 391. The van der Waals surface area contributed by atoms with Crippen LogP contribution < -0.4 is 11.1 Å². The highest BCUT2D eigenvalue weighted by molar-refractivity contribution is 5.92. The van der Waals surface area contributed by atoms with Gasteiger partial charge in [0.2, 0.25) is 0 Å². The summed E-state index contributed by atoms with van der Waals surface area (Å²) < 4.78 is 1.84. The fourth-order valence-corrected chi connectivity index (χ4v) is 2.62. The number of nitrogens with one attached hydrogen (secondary N) is 1. The third-order valence-electron chi connectivity index (χ3n) is 3.70. The second-order valence-electron chi connectivity index (χ2n) is 4.86. The molecule has 0 aliphatic heterocycles. The normalized spacial score (nSPS) is 23.2. The van der Waals surface area contributed by atoms with Gasteiger partial charge >= 0.3 is 0 Å². The molecule has 1 aromatic rings. The van der Waals surface area contributed by atoms with Gasteiger partial charge in [-0.15, -0.1) is 12.4 Å². The molecule has 0 saturated heterocycles. The molecule has 0 aromatic carbocycles. The van der Waals surface area contributed by atoms with Crippen LogP contribution in [0.2, 0.25) is 0 Å². The molecular weight excluding hydrogens is 250 g/mol. The largest absolute Gasteiger partial charge is 0.348 e. The fourth-order valence-electron chi connectivity index (χ4n) is 2.62. The molecule has 1 amide bonds. The van der Waals surface area contributed by atoms with Gasteiger partial charge in [0.25, 0.3) is 5.91 Å². The van der Waals surface area contributed by atoms with Gasteiger partial charge in [0.05, 0.1) is 0 Å². The second kappa shape index (κ2) is 6.81. The minimum absolute atomic E-state index is 0. The van der Waals surface area contributed by atoms with E-state index in [9.17, 15) is 4.79 Å². The van der Waals surface area contributed by atoms with E-state index in [4.69, 9.17) is 5.73 Å². The number of aryl methyl sites for hydroxylation is 1. The van der Waals surface area contributed by atoms with Crippen LogP contribution in [0.1, 0.15) is 36.2 Å². The Balaban J connectivity index is 0.00000162. The number of carbonyl (C=O) groups is 1. The summed E-state index contributed by atoms with van der Waals surface area (Å²) in [6.45, 7) is 0.665. The highest BCUT2D eigenvalue weighted by Gasteiger charge is 2.26. The maximum atomic E-state index is 12.1. The average molecular weight is 272 g/mol. The van der Waals surface area contributed by atoms with Crippen LogP contribution in [0.3, 0.4) is 0 Å². The number of hydrogen-bond acceptors (Lipinski definition) is 2. The maximum Gasteiger partial charge on any atom is 0.268 e. The molecule has 1 heterocycles. The number of hydrogen-bond donors (Lipinski definition) is 2. The van der Waals surface area contributed by atoms with Gasteiger partial charge in [-0.1, -0.05) is 12.8 Å². The Morgan fingerprint density at radius 3 is 2.83 bits per heavy atom. The number of nitrogens with zero attached hydrogens (tertiary/aromatic N) is 1. The van der Waals surface area contributed by atoms with Crippen molar-refractivity contribution in [3.8, 4) is 0 Å². The molecule has 5 heteroatoms. The Hall–Kier alpha value is -1.00. The number of carbonyl (C=O) groups excluding carboxylic acids is 1. The molecule has 2 unspecified atom stereocenters. The van der Waals surface area contributed by atoms with Gasteiger partial charge in [-0.05, 0) is 37.4 Å². The minimum Gasteiger partial charge on any atom is -0.348 e. The first-order valence-corrected chi connectivity index (χ1v) is 6.34. The lowest BCUT2D eigenvalue weighted by Crippen LogP contribution is -2.45. The number of amides is 1. The summed E-state index contributed by atoms with van der Waals surface area (Å²) in [5, 5.41) is 3.12. The Morgan fingerprint density at radius 1 is 1.50 bits per heavy atom. The van der Waals surface area contributed by atoms with Crippen molar-refractivity contribution in [2.45, 2.75) is 31.7 Å². The van der Waals surface area contributed by atoms with Gasteiger partial charge in [0.15, 0.2) is 0 Å². The van der Waals surface area contributed by atoms with E-state index in [0.717, 1.165) is 12.8 Å². The van der Waals surface area contributed by atoms with Gasteiger partial charge < -0.3 is 15.6 Å². The lowest BCUT2D eigenvalue weighted by Gasteiger charge is -2.31. The summed E-state index contributed by atoms with van der Waals surface area (Å²) in [5.74, 6) is 0.454. The van der Waals surface area contributed by atoms with Gasteiger partial charge in [0, 0.05) is 19.3 Å². The molecule has 1 saturated carbocycles. The summed E-state index contributed by atoms with van der Waals surface area (Å²) in [6, 6.07) is 3.97. The molecule has 2 atom stereocenters. The molecule has 0 radical (unpaired) electrons. The third kappa shape index (κ3) is 3.27. The topological polar surface area (TPSA) is 60.0 Å². The van der Waals surface area contributed by atoms with Crippen molar-refractivity contribution in [1.29, 1.82) is 0 Å². The van der Waals surface area contributed by atoms with Crippen molar-refractivity contribution in [2.24, 2.45) is 18.7 Å². The lowest BCUT2D eigenvalue weighted by atomic mass is 9.84. The van der Waals surface area contributed by atoms with Gasteiger partial charge in [0.1, 0.15) is 5.69 Å². The van der Waals surface area contributed by atoms with Crippen molar-refractivity contribution >= 4 is 18.3 Å². The van der Waals surface area contributed by atoms with Crippen LogP contribution in [0.15, 0.2) is 18.3 Å². The molecule has 1 aliphatic carbocycles. The first-order valence-electron chi connectivity index (χ1n) is 6.34. The van der Waals surface area contributed by atoms with Crippen LogP contribution in [0.5, 0.6) is 0 Å². The van der Waals surface area contributed by atoms with Crippen molar-refractivity contribution in [3.63, 3.8) is 0 Å². The third-order valence-corrected chi connectivity index (χ3v) is 3.70. The highest BCUT2D eigenvalue weighted by atomic mass is 35.5. The van der Waals surface area contributed by atoms with Crippen LogP contribution in [-0.2, 0) is 7.05 Å². The summed E-state index contributed by atoms with van der Waals surface area (Å²) in [6.07, 6.45) is 6.50. The average Bonchev–Trinajstić information content (AvgIpc) is 2.76. The van der Waals surface area contributed by atoms with Crippen LogP contribution in [0.4, 0.5) is 0 Å². The predicted molar refractivity (Wildman–Crippen MR) is 74.9 cm³/mol. The van der Waals surface area contributed by atoms with Crippen molar-refractivity contribution in [1.82, 2.24) is 9.88 Å². The molecule has 4 nitrogen and oxygen atoms in total. The fraction of sp³-hybridized carbons (Fsp3) is 0.615. The molecule has 1 aliphatic rings. The zero-order valence-corrected chi connectivity index (χ0v) is 11.6. The van der Waals surface area contributed by atoms with E-state index in [1.165, 1.54) is 12.8 Å². The molecule has 0 spiro atoms. The van der Waals surface area contributed by atoms with E-state index in [2.05, 4.69) is 5.32 Å². The molecular formula is C13H22ClN3O. The number of halogens is 1. The molecule has 18 heavy (non-hydrogen) atoms. The molecule has 3 N–H and O–H groups in total. The smallest absolute Gasteiger partial charge is 0.268 e. The summed E-state index contributed by atoms with van der Waals surface area (Å²) in [4.78, 5) is 12.1. The Kier molecular flexibility index (Phi) is 5.69. The highest BCUT2D eigenvalue weighted by Crippen LogP contribution is 2.23. The Morgan fingerprint density at radius 2 is 2.22 bits per heavy atom. The zero-order chi connectivity index (χ0) is 12.3. The minimum atomic E-state index is 0. The van der Waals surface area contributed by atoms with Crippen LogP contribution in [-0.4, -0.2) is 23.1 Å². The quantitative estimate of drug-likeness (QED) is 0.879. The van der Waals surface area contributed by atoms with Crippen molar-refractivity contribution in [3.05, 3.63) is 24.0 Å². The zero-order valence-electron chi connectivity index (χ0n) is 10.8. The first kappa shape index (κ1) is 15.1. The number of rotatable bonds is 3. The maximum absolute atomic E-state index is 12.1. The van der Waals surface area contributed by atoms with E-state index < -0.39 is 0 Å². The van der Waals surface area contributed by atoms with Crippen molar-refractivity contribution < 1.29 is 4.79 Å². The van der Waals surface area contributed by atoms with Crippen LogP contribution >= 0.6 is 12.4 Å². The number of aromatic nitrogens is 1. The first-order chi connectivity index (χ1) is 8.22. The predicted octanol–water partition coefficient (Wildman–Crippen LogP) is 1.69. The van der Waals surface area contributed by atoms with E-state index in [1.807, 2.05) is 29.9 Å². The summed E-state index contributed by atoms with van der Waals surface area (Å²) >= 11 is 0. The van der Waals surface area contributed by atoms with Crippen LogP contribution in [0.25, 0.3) is 0 Å². The molecule has 1 fully saturated rings. The van der Waals surface area contributed by atoms with E-state index in [0.29, 0.717) is 18.2 Å². The lowest BCUT2D eigenvalue weighted by molar-refractivity contribution is 0.0900. The van der Waals surface area contributed by atoms with E-state index in [1.54, 1.807) is 0 Å². The monoisotopic (exact) mass is 271 g/mol. The SMILES string of the molecule is Cl.Cn1cccc1C(=O)NC1CCCCC1CN. The van der Waals surface area contributed by atoms with Gasteiger partial charge in [-0.3, -0.25) is 4.79 Å². The standard InChI is InChI=1S/C13H21N3O.ClH/c1-16-8-4-7-12(16)13(17)15-11-6-3-2-5-10(11)9-14;/h4,7-8,10-11H,2-3,5-6,9,14H2,1H3,(H,15,17);1H. The van der Waals surface area contributed by atoms with Crippen molar-refractivity contribution in [2.75, 3.05) is 6.54 Å².